The first-order chi connectivity index (χ1) is 13.2. The van der Waals surface area contributed by atoms with E-state index < -0.39 is 0 Å². The van der Waals surface area contributed by atoms with Gasteiger partial charge in [-0.2, -0.15) is 11.8 Å². The quantitative estimate of drug-likeness (QED) is 0.589. The van der Waals surface area contributed by atoms with Gasteiger partial charge in [-0.05, 0) is 24.6 Å². The van der Waals surface area contributed by atoms with Gasteiger partial charge >= 0.3 is 0 Å². The number of carbonyl (C=O) groups is 1. The predicted molar refractivity (Wildman–Crippen MR) is 108 cm³/mol. The van der Waals surface area contributed by atoms with E-state index in [0.717, 1.165) is 28.8 Å². The molecule has 1 saturated heterocycles. The highest BCUT2D eigenvalue weighted by Crippen LogP contribution is 2.35. The summed E-state index contributed by atoms with van der Waals surface area (Å²) in [6, 6.07) is 14.5. The van der Waals surface area contributed by atoms with Gasteiger partial charge in [0, 0.05) is 29.7 Å². The van der Waals surface area contributed by atoms with Gasteiger partial charge in [-0.1, -0.05) is 42.1 Å². The number of aromatic nitrogens is 1. The molecule has 4 rings (SSSR count). The maximum Gasteiger partial charge on any atom is 0.257 e. The zero-order chi connectivity index (χ0) is 18.6. The third-order valence-electron chi connectivity index (χ3n) is 4.54. The molecule has 0 N–H and O–H groups in total. The number of oxazole rings is 1. The molecule has 2 heterocycles. The van der Waals surface area contributed by atoms with E-state index in [1.54, 1.807) is 17.8 Å². The summed E-state index contributed by atoms with van der Waals surface area (Å²) in [6.45, 7) is 1.32. The standard InChI is InChI=1S/C20H19FN2O2S2/c21-15-6-2-1-5-14(15)18-9-10-23(11-12-26-18)19(24)13-27-20-22-16-7-3-4-8-17(16)25-20/h1-8,18H,9-13H2. The van der Waals surface area contributed by atoms with Crippen LogP contribution in [-0.2, 0) is 4.79 Å². The first kappa shape index (κ1) is 18.4. The fraction of sp³-hybridized carbons (Fsp3) is 0.300. The van der Waals surface area contributed by atoms with Gasteiger partial charge in [0.1, 0.15) is 11.3 Å². The molecule has 2 aromatic carbocycles. The molecule has 140 valence electrons. The second-order valence-corrected chi connectivity index (χ2v) is 8.52. The van der Waals surface area contributed by atoms with Crippen molar-refractivity contribution in [3.05, 3.63) is 59.9 Å². The van der Waals surface area contributed by atoms with Crippen LogP contribution in [0.4, 0.5) is 4.39 Å². The van der Waals surface area contributed by atoms with Crippen LogP contribution in [0.3, 0.4) is 0 Å². The van der Waals surface area contributed by atoms with E-state index >= 15 is 0 Å². The van der Waals surface area contributed by atoms with Crippen molar-refractivity contribution in [2.45, 2.75) is 16.9 Å². The number of fused-ring (bicyclic) bond motifs is 1. The summed E-state index contributed by atoms with van der Waals surface area (Å²) in [5, 5.41) is 0.603. The zero-order valence-corrected chi connectivity index (χ0v) is 16.3. The summed E-state index contributed by atoms with van der Waals surface area (Å²) >= 11 is 3.04. The topological polar surface area (TPSA) is 46.3 Å². The van der Waals surface area contributed by atoms with Crippen LogP contribution in [0.15, 0.2) is 58.2 Å². The zero-order valence-electron chi connectivity index (χ0n) is 14.6. The number of carbonyl (C=O) groups excluding carboxylic acids is 1. The molecule has 1 fully saturated rings. The van der Waals surface area contributed by atoms with Gasteiger partial charge in [0.15, 0.2) is 5.58 Å². The average Bonchev–Trinajstić information content (AvgIpc) is 2.94. The Balaban J connectivity index is 1.34. The highest BCUT2D eigenvalue weighted by Gasteiger charge is 2.24. The molecule has 1 unspecified atom stereocenters. The minimum Gasteiger partial charge on any atom is -0.431 e. The molecular weight excluding hydrogens is 383 g/mol. The van der Waals surface area contributed by atoms with Crippen LogP contribution in [0.1, 0.15) is 17.2 Å². The van der Waals surface area contributed by atoms with Crippen LogP contribution in [0.2, 0.25) is 0 Å². The van der Waals surface area contributed by atoms with Crippen molar-refractivity contribution in [2.75, 3.05) is 24.6 Å². The maximum absolute atomic E-state index is 14.0. The number of halogens is 1. The Morgan fingerprint density at radius 2 is 2.04 bits per heavy atom. The van der Waals surface area contributed by atoms with E-state index in [1.165, 1.54) is 17.8 Å². The first-order valence-corrected chi connectivity index (χ1v) is 10.9. The lowest BCUT2D eigenvalue weighted by molar-refractivity contribution is -0.128. The van der Waals surface area contributed by atoms with E-state index in [2.05, 4.69) is 4.98 Å². The minimum absolute atomic E-state index is 0.0667. The third kappa shape index (κ3) is 4.30. The fourth-order valence-electron chi connectivity index (χ4n) is 3.13. The number of hydrogen-bond donors (Lipinski definition) is 0. The van der Waals surface area contributed by atoms with Crippen LogP contribution in [0, 0.1) is 5.82 Å². The molecule has 1 aliphatic heterocycles. The Morgan fingerprint density at radius 3 is 2.89 bits per heavy atom. The van der Waals surface area contributed by atoms with Crippen molar-refractivity contribution in [2.24, 2.45) is 0 Å². The largest absolute Gasteiger partial charge is 0.431 e. The Hall–Kier alpha value is -1.99. The van der Waals surface area contributed by atoms with Crippen molar-refractivity contribution in [3.8, 4) is 0 Å². The third-order valence-corrected chi connectivity index (χ3v) is 6.66. The van der Waals surface area contributed by atoms with Crippen molar-refractivity contribution in [1.82, 2.24) is 9.88 Å². The van der Waals surface area contributed by atoms with Gasteiger partial charge in [-0.3, -0.25) is 4.79 Å². The first-order valence-electron chi connectivity index (χ1n) is 8.83. The Labute approximate surface area is 165 Å². The molecule has 0 bridgehead atoms. The number of thioether (sulfide) groups is 2. The lowest BCUT2D eigenvalue weighted by Crippen LogP contribution is -2.34. The molecule has 0 radical (unpaired) electrons. The molecule has 0 aliphatic carbocycles. The van der Waals surface area contributed by atoms with E-state index in [9.17, 15) is 9.18 Å². The van der Waals surface area contributed by atoms with Crippen molar-refractivity contribution < 1.29 is 13.6 Å². The lowest BCUT2D eigenvalue weighted by Gasteiger charge is -2.20. The van der Waals surface area contributed by atoms with Crippen molar-refractivity contribution in [3.63, 3.8) is 0 Å². The molecule has 0 saturated carbocycles. The molecule has 27 heavy (non-hydrogen) atoms. The van der Waals surface area contributed by atoms with Crippen LogP contribution >= 0.6 is 23.5 Å². The maximum atomic E-state index is 14.0. The van der Waals surface area contributed by atoms with Gasteiger partial charge < -0.3 is 9.32 Å². The number of amides is 1. The number of nitrogens with zero attached hydrogens (tertiary/aromatic N) is 2. The summed E-state index contributed by atoms with van der Waals surface area (Å²) in [6.07, 6.45) is 0.755. The molecule has 4 nitrogen and oxygen atoms in total. The second kappa shape index (κ2) is 8.35. The summed E-state index contributed by atoms with van der Waals surface area (Å²) < 4.78 is 19.7. The lowest BCUT2D eigenvalue weighted by atomic mass is 10.1. The molecule has 3 aromatic rings. The minimum atomic E-state index is -0.165. The van der Waals surface area contributed by atoms with E-state index in [1.807, 2.05) is 41.3 Å². The number of para-hydroxylation sites is 2. The van der Waals surface area contributed by atoms with Gasteiger partial charge in [0.25, 0.3) is 5.22 Å². The Kier molecular flexibility index (Phi) is 5.69. The number of benzene rings is 2. The molecule has 1 aromatic heterocycles. The molecule has 0 spiro atoms. The summed E-state index contributed by atoms with van der Waals surface area (Å²) in [4.78, 5) is 18.9. The van der Waals surface area contributed by atoms with E-state index in [0.29, 0.717) is 24.1 Å². The highest BCUT2D eigenvalue weighted by atomic mass is 32.2. The van der Waals surface area contributed by atoms with Crippen molar-refractivity contribution in [1.29, 1.82) is 0 Å². The van der Waals surface area contributed by atoms with Gasteiger partial charge in [-0.15, -0.1) is 0 Å². The average molecular weight is 403 g/mol. The molecular formula is C20H19FN2O2S2. The summed E-state index contributed by atoms with van der Waals surface area (Å²) in [7, 11) is 0. The molecule has 1 aliphatic rings. The Bertz CT molecular complexity index is 913. The van der Waals surface area contributed by atoms with Crippen LogP contribution in [0.5, 0.6) is 0 Å². The van der Waals surface area contributed by atoms with Gasteiger partial charge in [0.2, 0.25) is 5.91 Å². The Morgan fingerprint density at radius 1 is 1.22 bits per heavy atom. The smallest absolute Gasteiger partial charge is 0.257 e. The van der Waals surface area contributed by atoms with Crippen LogP contribution < -0.4 is 0 Å². The highest BCUT2D eigenvalue weighted by molar-refractivity contribution is 7.99. The van der Waals surface area contributed by atoms with E-state index in [-0.39, 0.29) is 17.0 Å². The predicted octanol–water partition coefficient (Wildman–Crippen LogP) is 4.77. The SMILES string of the molecule is O=C(CSc1nc2ccccc2o1)N1CCSC(c2ccccc2F)CC1. The summed E-state index contributed by atoms with van der Waals surface area (Å²) in [5.41, 5.74) is 2.26. The number of hydrogen-bond acceptors (Lipinski definition) is 5. The second-order valence-electron chi connectivity index (χ2n) is 6.29. The van der Waals surface area contributed by atoms with E-state index in [4.69, 9.17) is 4.42 Å². The van der Waals surface area contributed by atoms with Crippen molar-refractivity contribution >= 4 is 40.5 Å². The van der Waals surface area contributed by atoms with Gasteiger partial charge in [-0.25, -0.2) is 9.37 Å². The van der Waals surface area contributed by atoms with Crippen LogP contribution in [-0.4, -0.2) is 40.4 Å². The monoisotopic (exact) mass is 402 g/mol. The van der Waals surface area contributed by atoms with Crippen LogP contribution in [0.25, 0.3) is 11.1 Å². The molecule has 7 heteroatoms. The summed E-state index contributed by atoms with van der Waals surface area (Å²) in [5.74, 6) is 0.999. The number of rotatable bonds is 4. The normalized spacial score (nSPS) is 17.8. The fourth-order valence-corrected chi connectivity index (χ4v) is 5.13. The molecule has 1 amide bonds. The van der Waals surface area contributed by atoms with Gasteiger partial charge in [0.05, 0.1) is 5.75 Å². The molecule has 1 atom stereocenters.